The van der Waals surface area contributed by atoms with Crippen molar-refractivity contribution in [2.45, 2.75) is 26.3 Å². The molecule has 0 fully saturated rings. The van der Waals surface area contributed by atoms with Crippen LogP contribution in [0.3, 0.4) is 0 Å². The van der Waals surface area contributed by atoms with Crippen molar-refractivity contribution < 1.29 is 13.3 Å². The highest BCUT2D eigenvalue weighted by Crippen LogP contribution is 2.16. The molecule has 0 aliphatic carbocycles. The second kappa shape index (κ2) is 8.24. The quantitative estimate of drug-likeness (QED) is 0.568. The lowest BCUT2D eigenvalue weighted by atomic mass is 10.5. The van der Waals surface area contributed by atoms with Gasteiger partial charge in [-0.1, -0.05) is 0 Å². The molecule has 92 valence electrons. The minimum Gasteiger partial charge on any atom is -0.377 e. The molecule has 0 atom stereocenters. The van der Waals surface area contributed by atoms with Gasteiger partial charge >= 0.3 is 8.80 Å². The third-order valence-electron chi connectivity index (χ3n) is 2.13. The summed E-state index contributed by atoms with van der Waals surface area (Å²) in [6.07, 6.45) is 1.05. The van der Waals surface area contributed by atoms with Crippen molar-refractivity contribution in [3.05, 3.63) is 0 Å². The van der Waals surface area contributed by atoms with Crippen molar-refractivity contribution in [3.8, 4) is 0 Å². The summed E-state index contributed by atoms with van der Waals surface area (Å²) in [5.74, 6) is 0. The summed E-state index contributed by atoms with van der Waals surface area (Å²) < 4.78 is 16.8. The predicted octanol–water partition coefficient (Wildman–Crippen LogP) is 1.60. The molecule has 0 saturated carbocycles. The molecule has 0 saturated heterocycles. The molecular weight excluding hydrogens is 210 g/mol. The maximum Gasteiger partial charge on any atom is 0.500 e. The topological polar surface area (TPSA) is 30.9 Å². The van der Waals surface area contributed by atoms with Crippen LogP contribution in [0, 0.1) is 0 Å². The molecule has 0 radical (unpaired) electrons. The third-order valence-corrected chi connectivity index (χ3v) is 5.17. The Morgan fingerprint density at radius 2 is 1.60 bits per heavy atom. The van der Waals surface area contributed by atoms with Crippen LogP contribution in [0.15, 0.2) is 0 Å². The minimum atomic E-state index is -2.36. The van der Waals surface area contributed by atoms with Gasteiger partial charge in [-0.15, -0.1) is 0 Å². The van der Waals surface area contributed by atoms with E-state index in [9.17, 15) is 0 Å². The molecule has 0 unspecified atom stereocenters. The first-order valence-electron chi connectivity index (χ1n) is 5.58. The van der Waals surface area contributed by atoms with Crippen molar-refractivity contribution in [1.29, 1.82) is 0 Å². The van der Waals surface area contributed by atoms with Crippen molar-refractivity contribution in [3.63, 3.8) is 0 Å². The van der Waals surface area contributed by atoms with Gasteiger partial charge in [-0.05, 0) is 40.9 Å². The monoisotopic (exact) mass is 235 g/mol. The Morgan fingerprint density at radius 3 is 1.93 bits per heavy atom. The summed E-state index contributed by atoms with van der Waals surface area (Å²) in [4.78, 5) is 2.16. The van der Waals surface area contributed by atoms with Gasteiger partial charge in [0.25, 0.3) is 0 Å². The zero-order valence-electron chi connectivity index (χ0n) is 10.7. The van der Waals surface area contributed by atoms with Crippen LogP contribution in [-0.2, 0) is 13.3 Å². The van der Waals surface area contributed by atoms with Gasteiger partial charge < -0.3 is 18.2 Å². The van der Waals surface area contributed by atoms with Gasteiger partial charge in [0.2, 0.25) is 0 Å². The van der Waals surface area contributed by atoms with Crippen molar-refractivity contribution in [2.24, 2.45) is 0 Å². The first-order chi connectivity index (χ1) is 7.10. The number of hydrogen-bond acceptors (Lipinski definition) is 4. The molecule has 0 aliphatic heterocycles. The highest BCUT2D eigenvalue weighted by Gasteiger charge is 2.38. The largest absolute Gasteiger partial charge is 0.500 e. The van der Waals surface area contributed by atoms with Gasteiger partial charge in [0.1, 0.15) is 0 Å². The summed E-state index contributed by atoms with van der Waals surface area (Å²) in [6.45, 7) is 6.31. The molecule has 0 N–H and O–H groups in total. The van der Waals surface area contributed by atoms with Crippen LogP contribution in [0.2, 0.25) is 6.04 Å². The van der Waals surface area contributed by atoms with E-state index in [1.807, 2.05) is 13.8 Å². The Kier molecular flexibility index (Phi) is 8.27. The number of nitrogens with zero attached hydrogens (tertiary/aromatic N) is 1. The SMILES string of the molecule is CCO[Si](CCCN(C)C)(OC)OCC. The summed E-state index contributed by atoms with van der Waals surface area (Å²) >= 11 is 0. The maximum atomic E-state index is 5.68. The standard InChI is InChI=1S/C10H25NO3Si/c1-6-13-15(12-5,14-7-2)10-8-9-11(3)4/h6-10H2,1-5H3. The second-order valence-corrected chi connectivity index (χ2v) is 6.51. The number of hydrogen-bond donors (Lipinski definition) is 0. The van der Waals surface area contributed by atoms with Gasteiger partial charge in [0, 0.05) is 26.4 Å². The van der Waals surface area contributed by atoms with Crippen molar-refractivity contribution in [1.82, 2.24) is 4.90 Å². The lowest BCUT2D eigenvalue weighted by Crippen LogP contribution is -2.45. The Balaban J connectivity index is 4.08. The fraction of sp³-hybridized carbons (Fsp3) is 1.00. The van der Waals surface area contributed by atoms with Crippen LogP contribution >= 0.6 is 0 Å². The summed E-state index contributed by atoms with van der Waals surface area (Å²) in [6, 6.07) is 0.892. The molecule has 0 bridgehead atoms. The van der Waals surface area contributed by atoms with Gasteiger partial charge in [0.15, 0.2) is 0 Å². The van der Waals surface area contributed by atoms with Gasteiger partial charge in [-0.3, -0.25) is 0 Å². The molecule has 4 nitrogen and oxygen atoms in total. The smallest absolute Gasteiger partial charge is 0.377 e. The molecule has 5 heteroatoms. The van der Waals surface area contributed by atoms with E-state index in [-0.39, 0.29) is 0 Å². The van der Waals surface area contributed by atoms with E-state index in [1.54, 1.807) is 7.11 Å². The summed E-state index contributed by atoms with van der Waals surface area (Å²) in [5.41, 5.74) is 0. The highest BCUT2D eigenvalue weighted by atomic mass is 28.4. The lowest BCUT2D eigenvalue weighted by molar-refractivity contribution is 0.0855. The summed E-state index contributed by atoms with van der Waals surface area (Å²) in [5, 5.41) is 0. The molecule has 0 aromatic rings. The van der Waals surface area contributed by atoms with Crippen LogP contribution in [0.25, 0.3) is 0 Å². The molecule has 0 rings (SSSR count). The van der Waals surface area contributed by atoms with Gasteiger partial charge in [-0.25, -0.2) is 0 Å². The van der Waals surface area contributed by atoms with Crippen LogP contribution in [-0.4, -0.2) is 54.7 Å². The molecule has 15 heavy (non-hydrogen) atoms. The summed E-state index contributed by atoms with van der Waals surface area (Å²) in [7, 11) is 3.46. The Hall–Kier alpha value is 0.0569. The first kappa shape index (κ1) is 15.1. The van der Waals surface area contributed by atoms with E-state index >= 15 is 0 Å². The Bertz CT molecular complexity index is 150. The van der Waals surface area contributed by atoms with E-state index in [0.717, 1.165) is 19.0 Å². The van der Waals surface area contributed by atoms with E-state index < -0.39 is 8.80 Å². The van der Waals surface area contributed by atoms with E-state index in [0.29, 0.717) is 13.2 Å². The third kappa shape index (κ3) is 6.27. The zero-order valence-corrected chi connectivity index (χ0v) is 11.7. The van der Waals surface area contributed by atoms with E-state index in [4.69, 9.17) is 13.3 Å². The number of rotatable bonds is 9. The average Bonchev–Trinajstić information content (AvgIpc) is 2.17. The van der Waals surface area contributed by atoms with Crippen molar-refractivity contribution in [2.75, 3.05) is 41.0 Å². The molecule has 0 aromatic carbocycles. The molecule has 0 heterocycles. The van der Waals surface area contributed by atoms with Gasteiger partial charge in [-0.2, -0.15) is 0 Å². The molecule has 0 aliphatic rings. The van der Waals surface area contributed by atoms with Gasteiger partial charge in [0.05, 0.1) is 0 Å². The normalized spacial score (nSPS) is 12.4. The van der Waals surface area contributed by atoms with Crippen LogP contribution < -0.4 is 0 Å². The molecule has 0 aromatic heterocycles. The molecular formula is C10H25NO3Si. The highest BCUT2D eigenvalue weighted by molar-refractivity contribution is 6.60. The lowest BCUT2D eigenvalue weighted by Gasteiger charge is -2.27. The Labute approximate surface area is 94.9 Å². The Morgan fingerprint density at radius 1 is 1.07 bits per heavy atom. The minimum absolute atomic E-state index is 0.655. The average molecular weight is 235 g/mol. The van der Waals surface area contributed by atoms with E-state index in [1.165, 1.54) is 0 Å². The fourth-order valence-corrected chi connectivity index (χ4v) is 3.74. The van der Waals surface area contributed by atoms with Crippen LogP contribution in [0.5, 0.6) is 0 Å². The second-order valence-electron chi connectivity index (χ2n) is 3.66. The van der Waals surface area contributed by atoms with Crippen molar-refractivity contribution >= 4 is 8.80 Å². The van der Waals surface area contributed by atoms with E-state index in [2.05, 4.69) is 19.0 Å². The molecule has 0 spiro atoms. The fourth-order valence-electron chi connectivity index (χ4n) is 1.46. The maximum absolute atomic E-state index is 5.68. The van der Waals surface area contributed by atoms with Crippen LogP contribution in [0.4, 0.5) is 0 Å². The first-order valence-corrected chi connectivity index (χ1v) is 7.51. The van der Waals surface area contributed by atoms with Crippen LogP contribution in [0.1, 0.15) is 20.3 Å². The predicted molar refractivity (Wildman–Crippen MR) is 64.0 cm³/mol. The zero-order chi connectivity index (χ0) is 11.7. The molecule has 0 amide bonds.